The van der Waals surface area contributed by atoms with Crippen LogP contribution in [0.4, 0.5) is 51.2 Å². The first-order chi connectivity index (χ1) is 64.7. The molecule has 23 aromatic rings. The van der Waals surface area contributed by atoms with E-state index in [1.165, 1.54) is 169 Å². The lowest BCUT2D eigenvalue weighted by atomic mass is 9.98. The van der Waals surface area contributed by atoms with Gasteiger partial charge >= 0.3 is 0 Å². The molecule has 0 atom stereocenters. The van der Waals surface area contributed by atoms with Gasteiger partial charge in [-0.2, -0.15) is 0 Å². The van der Waals surface area contributed by atoms with E-state index in [4.69, 9.17) is 13.3 Å². The van der Waals surface area contributed by atoms with E-state index in [2.05, 4.69) is 447 Å². The maximum absolute atomic E-state index is 6.07. The summed E-state index contributed by atoms with van der Waals surface area (Å²) in [5.74, 6) is 0. The monoisotopic (exact) mass is 1730 g/mol. The van der Waals surface area contributed by atoms with Crippen LogP contribution in [0, 0.1) is 13.8 Å². The number of hydrogen-bond donors (Lipinski definition) is 0. The highest BCUT2D eigenvalue weighted by Gasteiger charge is 2.30. The van der Waals surface area contributed by atoms with E-state index in [1.54, 1.807) is 0 Å². The smallest absolute Gasteiger partial charge is 0.135 e. The minimum absolute atomic E-state index is 0.917. The SMILES string of the molecule is Cc1ccc2c(c1)Sc1cc(C)ccc1N2c1ccc(-c2ccc3oc4ccccc4c3c2)cc1.c1ccc(-c2ccc(-c3ccc4c(c3)Sc3ccccc3N4c3ccc(-c4ccc(-c5ccc6oc7ccccc7c6c5)cc4)cc3)cc2)cc1.c1ccc(-c2ccc3c(c2)Sc2cc(-c4ccccc4)ccc2N3c2ccc(-c3ccc4oc5ccccc5c4c3)cc2)cc1. The van der Waals surface area contributed by atoms with Gasteiger partial charge in [0.15, 0.2) is 0 Å². The number of fused-ring (bicyclic) bond motifs is 15. The number of anilines is 9. The van der Waals surface area contributed by atoms with Crippen LogP contribution in [-0.4, -0.2) is 0 Å². The average Bonchev–Trinajstić information content (AvgIpc) is 1.70. The van der Waals surface area contributed by atoms with E-state index >= 15 is 0 Å². The van der Waals surface area contributed by atoms with Gasteiger partial charge in [-0.25, -0.2) is 0 Å². The van der Waals surface area contributed by atoms with Crippen molar-refractivity contribution in [2.45, 2.75) is 43.2 Å². The molecule has 3 aliphatic rings. The Morgan fingerprint density at radius 3 is 0.702 bits per heavy atom. The normalized spacial score (nSPS) is 12.4. The van der Waals surface area contributed by atoms with Crippen molar-refractivity contribution >= 4 is 152 Å². The molecule has 0 saturated heterocycles. The quantitative estimate of drug-likeness (QED) is 0.126. The van der Waals surface area contributed by atoms with Gasteiger partial charge in [-0.1, -0.05) is 326 Å². The first-order valence-electron chi connectivity index (χ1n) is 44.3. The fourth-order valence-corrected chi connectivity index (χ4v) is 22.2. The van der Waals surface area contributed by atoms with Crippen LogP contribution in [0.3, 0.4) is 0 Å². The number of furan rings is 3. The summed E-state index contributed by atoms with van der Waals surface area (Å²) in [6, 6.07) is 163. The number of aryl methyl sites for hydroxylation is 2. The molecule has 3 aromatic heterocycles. The molecule has 0 saturated carbocycles. The molecule has 6 heterocycles. The van der Waals surface area contributed by atoms with Crippen LogP contribution in [-0.2, 0) is 0 Å². The standard InChI is InChI=1S/C48H31NOS.C42H27NOS.C32H23NOS/c1-2-8-32(9-3-1)33-14-20-37(21-15-33)39-24-28-44-48(31-39)51-47-13-7-5-11-43(47)49(44)40-26-22-35(23-27-40)34-16-18-36(19-17-34)38-25-29-46-42(30-38)41-10-4-6-12-45(41)50-46;1-3-9-28(10-4-1)32-17-22-37-41(26-32)45-42-27-33(29-11-5-2-6-12-29)18-23-38(42)43(37)34-20-15-30(16-21-34)31-19-24-40-36(25-31)35-13-7-8-14-39(35)44-40;1-20-7-14-27-31(17-20)35-32-18-21(2)8-15-28(32)33(27)24-12-9-22(10-13-24)23-11-16-30-26(19-23)25-5-3-4-6-29(25)34-30/h1-31H;1-27H;3-19H,1-2H3. The van der Waals surface area contributed by atoms with Crippen LogP contribution in [0.1, 0.15) is 11.1 Å². The molecule has 0 radical (unpaired) electrons. The molecule has 0 N–H and O–H groups in total. The first kappa shape index (κ1) is 78.7. The molecule has 620 valence electrons. The summed E-state index contributed by atoms with van der Waals surface area (Å²) in [5, 5.41) is 6.91. The van der Waals surface area contributed by atoms with Gasteiger partial charge in [0.05, 0.1) is 34.1 Å². The largest absolute Gasteiger partial charge is 0.456 e. The molecular formula is C122H81N3O3S3. The second-order valence-corrected chi connectivity index (χ2v) is 36.8. The third-order valence-electron chi connectivity index (χ3n) is 25.3. The number of para-hydroxylation sites is 4. The summed E-state index contributed by atoms with van der Waals surface area (Å²) in [6.45, 7) is 4.32. The van der Waals surface area contributed by atoms with Crippen molar-refractivity contribution in [1.82, 2.24) is 0 Å². The van der Waals surface area contributed by atoms with Crippen molar-refractivity contribution in [1.29, 1.82) is 0 Å². The Morgan fingerprint density at radius 2 is 0.366 bits per heavy atom. The second kappa shape index (κ2) is 33.5. The van der Waals surface area contributed by atoms with E-state index in [-0.39, 0.29) is 0 Å². The van der Waals surface area contributed by atoms with Gasteiger partial charge in [0.1, 0.15) is 33.5 Å². The van der Waals surface area contributed by atoms with Crippen molar-refractivity contribution in [3.63, 3.8) is 0 Å². The number of nitrogens with zero attached hydrogens (tertiary/aromatic N) is 3. The highest BCUT2D eigenvalue weighted by Crippen LogP contribution is 2.57. The Labute approximate surface area is 772 Å². The molecule has 0 fully saturated rings. The number of hydrogen-bond acceptors (Lipinski definition) is 9. The molecular weight excluding hydrogens is 1650 g/mol. The molecule has 6 nitrogen and oxygen atoms in total. The summed E-state index contributed by atoms with van der Waals surface area (Å²) in [6.07, 6.45) is 0. The minimum atomic E-state index is 0.917. The Bertz CT molecular complexity index is 8180. The van der Waals surface area contributed by atoms with E-state index < -0.39 is 0 Å². The zero-order valence-corrected chi connectivity index (χ0v) is 74.0. The molecule has 0 aliphatic carbocycles. The summed E-state index contributed by atoms with van der Waals surface area (Å²) in [4.78, 5) is 14.8. The highest BCUT2D eigenvalue weighted by atomic mass is 32.2. The van der Waals surface area contributed by atoms with Crippen molar-refractivity contribution in [3.05, 3.63) is 466 Å². The summed E-state index contributed by atoms with van der Waals surface area (Å²) < 4.78 is 18.1. The fourth-order valence-electron chi connectivity index (χ4n) is 18.7. The molecule has 0 amide bonds. The van der Waals surface area contributed by atoms with E-state index in [9.17, 15) is 0 Å². The van der Waals surface area contributed by atoms with Gasteiger partial charge in [0.25, 0.3) is 0 Å². The summed E-state index contributed by atoms with van der Waals surface area (Å²) >= 11 is 5.56. The second-order valence-electron chi connectivity index (χ2n) is 33.6. The summed E-state index contributed by atoms with van der Waals surface area (Å²) in [5.41, 5.74) is 38.1. The lowest BCUT2D eigenvalue weighted by molar-refractivity contribution is 0.668. The molecule has 0 bridgehead atoms. The third-order valence-corrected chi connectivity index (χ3v) is 28.6. The van der Waals surface area contributed by atoms with Crippen LogP contribution < -0.4 is 14.7 Å². The zero-order chi connectivity index (χ0) is 87.0. The van der Waals surface area contributed by atoms with Crippen LogP contribution in [0.2, 0.25) is 0 Å². The van der Waals surface area contributed by atoms with Gasteiger partial charge in [0, 0.05) is 78.8 Å². The molecule has 26 rings (SSSR count). The zero-order valence-electron chi connectivity index (χ0n) is 71.6. The maximum atomic E-state index is 6.07. The Hall–Kier alpha value is -15.8. The fraction of sp³-hybridized carbons (Fsp3) is 0.0164. The van der Waals surface area contributed by atoms with Gasteiger partial charge in [-0.3, -0.25) is 0 Å². The van der Waals surface area contributed by atoms with Gasteiger partial charge in [-0.05, 0) is 278 Å². The first-order valence-corrected chi connectivity index (χ1v) is 46.7. The average molecular weight is 1730 g/mol. The van der Waals surface area contributed by atoms with Crippen molar-refractivity contribution < 1.29 is 13.3 Å². The van der Waals surface area contributed by atoms with Crippen LogP contribution >= 0.6 is 35.3 Å². The topological polar surface area (TPSA) is 49.1 Å². The molecule has 131 heavy (non-hydrogen) atoms. The maximum Gasteiger partial charge on any atom is 0.135 e. The predicted molar refractivity (Wildman–Crippen MR) is 551 cm³/mol. The van der Waals surface area contributed by atoms with E-state index in [1.807, 2.05) is 71.7 Å². The van der Waals surface area contributed by atoms with Crippen LogP contribution in [0.25, 0.3) is 155 Å². The van der Waals surface area contributed by atoms with Gasteiger partial charge in [0.2, 0.25) is 0 Å². The highest BCUT2D eigenvalue weighted by molar-refractivity contribution is 8.00. The Balaban J connectivity index is 0.000000110. The molecule has 3 aliphatic heterocycles. The van der Waals surface area contributed by atoms with Gasteiger partial charge < -0.3 is 28.0 Å². The molecule has 0 spiro atoms. The Morgan fingerprint density at radius 1 is 0.153 bits per heavy atom. The number of rotatable bonds is 11. The molecule has 0 unspecified atom stereocenters. The van der Waals surface area contributed by atoms with E-state index in [0.29, 0.717) is 0 Å². The predicted octanol–water partition coefficient (Wildman–Crippen LogP) is 36.5. The lowest BCUT2D eigenvalue weighted by Gasteiger charge is -2.33. The lowest BCUT2D eigenvalue weighted by Crippen LogP contribution is -2.15. The minimum Gasteiger partial charge on any atom is -0.456 e. The number of benzene rings is 20. The Kier molecular flexibility index (Phi) is 20.1. The molecule has 9 heteroatoms. The van der Waals surface area contributed by atoms with Crippen LogP contribution in [0.15, 0.2) is 498 Å². The third kappa shape index (κ3) is 15.0. The van der Waals surface area contributed by atoms with Crippen molar-refractivity contribution in [3.8, 4) is 89.0 Å². The van der Waals surface area contributed by atoms with Gasteiger partial charge in [-0.15, -0.1) is 0 Å². The van der Waals surface area contributed by atoms with Crippen molar-refractivity contribution in [2.75, 3.05) is 14.7 Å². The van der Waals surface area contributed by atoms with E-state index in [0.717, 1.165) is 77.2 Å². The molecule has 20 aromatic carbocycles. The summed E-state index contributed by atoms with van der Waals surface area (Å²) in [7, 11) is 0. The van der Waals surface area contributed by atoms with Crippen LogP contribution in [0.5, 0.6) is 0 Å². The van der Waals surface area contributed by atoms with Crippen molar-refractivity contribution in [2.24, 2.45) is 0 Å².